The van der Waals surface area contributed by atoms with Gasteiger partial charge in [-0.2, -0.15) is 13.2 Å². The maximum atomic E-state index is 12.7. The Morgan fingerprint density at radius 2 is 2.32 bits per heavy atom. The van der Waals surface area contributed by atoms with Crippen molar-refractivity contribution in [3.05, 3.63) is 21.9 Å². The summed E-state index contributed by atoms with van der Waals surface area (Å²) in [5, 5.41) is 10.7. The molecule has 1 aromatic heterocycles. The first kappa shape index (κ1) is 14.3. The molecule has 0 saturated heterocycles. The summed E-state index contributed by atoms with van der Waals surface area (Å²) < 4.78 is 38.0. The van der Waals surface area contributed by atoms with Crippen LogP contribution in [0.4, 0.5) is 13.2 Å². The standard InChI is InChI=1S/C12H14F3NO2S/c1-7-8-3-5-19-10(8)2-4-16(7)6-9(11(17)18)12(13,14)15/h3,5,7,9H,2,4,6H2,1H3,(H,17,18). The number of fused-ring (bicyclic) bond motifs is 1. The molecule has 19 heavy (non-hydrogen) atoms. The minimum Gasteiger partial charge on any atom is -0.481 e. The Kier molecular flexibility index (Phi) is 3.87. The van der Waals surface area contributed by atoms with Crippen molar-refractivity contribution >= 4 is 17.3 Å². The molecular weight excluding hydrogens is 279 g/mol. The fourth-order valence-corrected chi connectivity index (χ4v) is 3.33. The van der Waals surface area contributed by atoms with E-state index in [9.17, 15) is 18.0 Å². The molecule has 0 fully saturated rings. The van der Waals surface area contributed by atoms with Gasteiger partial charge >= 0.3 is 12.1 Å². The van der Waals surface area contributed by atoms with E-state index in [0.717, 1.165) is 5.56 Å². The second kappa shape index (κ2) is 5.13. The fraction of sp³-hybridized carbons (Fsp3) is 0.583. The summed E-state index contributed by atoms with van der Waals surface area (Å²) in [5.41, 5.74) is 1.02. The number of aliphatic carboxylic acids is 1. The second-order valence-electron chi connectivity index (χ2n) is 4.65. The first-order chi connectivity index (χ1) is 8.80. The summed E-state index contributed by atoms with van der Waals surface area (Å²) in [6.07, 6.45) is -4.03. The van der Waals surface area contributed by atoms with Crippen molar-refractivity contribution in [3.8, 4) is 0 Å². The maximum Gasteiger partial charge on any atom is 0.403 e. The Morgan fingerprint density at radius 3 is 2.89 bits per heavy atom. The molecule has 3 nitrogen and oxygen atoms in total. The number of nitrogens with zero attached hydrogens (tertiary/aromatic N) is 1. The minimum atomic E-state index is -4.71. The number of hydrogen-bond donors (Lipinski definition) is 1. The number of rotatable bonds is 3. The molecule has 0 spiro atoms. The van der Waals surface area contributed by atoms with E-state index in [-0.39, 0.29) is 6.04 Å². The molecule has 0 amide bonds. The Balaban J connectivity index is 2.14. The van der Waals surface area contributed by atoms with Crippen LogP contribution in [0.15, 0.2) is 11.4 Å². The second-order valence-corrected chi connectivity index (χ2v) is 5.65. The number of carboxylic acid groups (broad SMARTS) is 1. The molecule has 0 bridgehead atoms. The lowest BCUT2D eigenvalue weighted by Crippen LogP contribution is -2.44. The van der Waals surface area contributed by atoms with E-state index in [1.54, 1.807) is 16.2 Å². The third kappa shape index (κ3) is 2.92. The van der Waals surface area contributed by atoms with Crippen LogP contribution in [0.1, 0.15) is 23.4 Å². The highest BCUT2D eigenvalue weighted by molar-refractivity contribution is 7.10. The van der Waals surface area contributed by atoms with Crippen molar-refractivity contribution in [1.82, 2.24) is 4.90 Å². The SMILES string of the molecule is CC1c2ccsc2CCN1CC(C(=O)O)C(F)(F)F. The van der Waals surface area contributed by atoms with Gasteiger partial charge < -0.3 is 5.11 Å². The number of carboxylic acids is 1. The van der Waals surface area contributed by atoms with Crippen LogP contribution in [0.3, 0.4) is 0 Å². The highest BCUT2D eigenvalue weighted by Crippen LogP contribution is 2.35. The molecular formula is C12H14F3NO2S. The van der Waals surface area contributed by atoms with Crippen molar-refractivity contribution in [2.75, 3.05) is 13.1 Å². The average Bonchev–Trinajstić information content (AvgIpc) is 2.74. The number of alkyl halides is 3. The first-order valence-electron chi connectivity index (χ1n) is 5.90. The van der Waals surface area contributed by atoms with Crippen LogP contribution < -0.4 is 0 Å². The van der Waals surface area contributed by atoms with E-state index in [0.29, 0.717) is 13.0 Å². The molecule has 1 aliphatic rings. The van der Waals surface area contributed by atoms with Gasteiger partial charge in [0, 0.05) is 24.0 Å². The lowest BCUT2D eigenvalue weighted by Gasteiger charge is -2.35. The summed E-state index contributed by atoms with van der Waals surface area (Å²) in [5.74, 6) is -4.13. The highest BCUT2D eigenvalue weighted by Gasteiger charge is 2.46. The number of halogens is 3. The molecule has 1 aliphatic heterocycles. The van der Waals surface area contributed by atoms with Gasteiger partial charge in [0.25, 0.3) is 0 Å². The van der Waals surface area contributed by atoms with Crippen LogP contribution in [0.25, 0.3) is 0 Å². The molecule has 2 heterocycles. The zero-order valence-corrected chi connectivity index (χ0v) is 11.1. The molecule has 0 aliphatic carbocycles. The van der Waals surface area contributed by atoms with Crippen LogP contribution in [-0.4, -0.2) is 35.2 Å². The zero-order chi connectivity index (χ0) is 14.2. The zero-order valence-electron chi connectivity index (χ0n) is 10.3. The highest BCUT2D eigenvalue weighted by atomic mass is 32.1. The number of thiophene rings is 1. The predicted octanol–water partition coefficient (Wildman–Crippen LogP) is 2.93. The molecule has 0 radical (unpaired) electrons. The van der Waals surface area contributed by atoms with Crippen molar-refractivity contribution in [1.29, 1.82) is 0 Å². The van der Waals surface area contributed by atoms with Gasteiger partial charge in [0.05, 0.1) is 0 Å². The van der Waals surface area contributed by atoms with Gasteiger partial charge in [-0.1, -0.05) is 0 Å². The molecule has 1 aromatic rings. The molecule has 2 rings (SSSR count). The van der Waals surface area contributed by atoms with Gasteiger partial charge in [0.15, 0.2) is 5.92 Å². The Hall–Kier alpha value is -1.08. The van der Waals surface area contributed by atoms with Crippen LogP contribution in [0.2, 0.25) is 0 Å². The van der Waals surface area contributed by atoms with Gasteiger partial charge in [-0.05, 0) is 30.4 Å². The lowest BCUT2D eigenvalue weighted by molar-refractivity contribution is -0.197. The lowest BCUT2D eigenvalue weighted by atomic mass is 9.99. The van der Waals surface area contributed by atoms with Crippen molar-refractivity contribution in [3.63, 3.8) is 0 Å². The van der Waals surface area contributed by atoms with E-state index < -0.39 is 24.6 Å². The van der Waals surface area contributed by atoms with Crippen LogP contribution in [-0.2, 0) is 11.2 Å². The largest absolute Gasteiger partial charge is 0.481 e. The van der Waals surface area contributed by atoms with Crippen LogP contribution >= 0.6 is 11.3 Å². The monoisotopic (exact) mass is 293 g/mol. The van der Waals surface area contributed by atoms with E-state index in [1.807, 2.05) is 18.4 Å². The third-order valence-corrected chi connectivity index (χ3v) is 4.51. The van der Waals surface area contributed by atoms with E-state index in [2.05, 4.69) is 0 Å². The smallest absolute Gasteiger partial charge is 0.403 e. The van der Waals surface area contributed by atoms with E-state index in [1.165, 1.54) is 4.88 Å². The summed E-state index contributed by atoms with van der Waals surface area (Å²) in [6, 6.07) is 1.74. The summed E-state index contributed by atoms with van der Waals surface area (Å²) >= 11 is 1.60. The summed E-state index contributed by atoms with van der Waals surface area (Å²) in [4.78, 5) is 13.6. The molecule has 2 atom stereocenters. The van der Waals surface area contributed by atoms with Gasteiger partial charge in [-0.15, -0.1) is 11.3 Å². The Labute approximate surface area is 112 Å². The van der Waals surface area contributed by atoms with E-state index in [4.69, 9.17) is 5.11 Å². The fourth-order valence-electron chi connectivity index (χ4n) is 2.37. The topological polar surface area (TPSA) is 40.5 Å². The van der Waals surface area contributed by atoms with E-state index >= 15 is 0 Å². The quantitative estimate of drug-likeness (QED) is 0.931. The van der Waals surface area contributed by atoms with Crippen molar-refractivity contribution in [2.45, 2.75) is 25.6 Å². The van der Waals surface area contributed by atoms with Crippen molar-refractivity contribution < 1.29 is 23.1 Å². The molecule has 7 heteroatoms. The number of hydrogen-bond acceptors (Lipinski definition) is 3. The predicted molar refractivity (Wildman–Crippen MR) is 65.2 cm³/mol. The van der Waals surface area contributed by atoms with Gasteiger partial charge in [-0.3, -0.25) is 9.69 Å². The third-order valence-electron chi connectivity index (χ3n) is 3.51. The first-order valence-corrected chi connectivity index (χ1v) is 6.78. The normalized spacial score (nSPS) is 22.0. The van der Waals surface area contributed by atoms with Gasteiger partial charge in [0.1, 0.15) is 0 Å². The van der Waals surface area contributed by atoms with Crippen molar-refractivity contribution in [2.24, 2.45) is 5.92 Å². The molecule has 2 unspecified atom stereocenters. The van der Waals surface area contributed by atoms with Crippen LogP contribution in [0.5, 0.6) is 0 Å². The van der Waals surface area contributed by atoms with Gasteiger partial charge in [-0.25, -0.2) is 0 Å². The summed E-state index contributed by atoms with van der Waals surface area (Å²) in [6.45, 7) is 1.80. The molecule has 0 saturated carbocycles. The Morgan fingerprint density at radius 1 is 1.63 bits per heavy atom. The maximum absolute atomic E-state index is 12.7. The Bertz CT molecular complexity index is 472. The molecule has 0 aromatic carbocycles. The summed E-state index contributed by atoms with van der Waals surface area (Å²) in [7, 11) is 0. The molecule has 1 N–H and O–H groups in total. The van der Waals surface area contributed by atoms with Crippen LogP contribution in [0, 0.1) is 5.92 Å². The average molecular weight is 293 g/mol. The minimum absolute atomic E-state index is 0.167. The molecule has 106 valence electrons. The van der Waals surface area contributed by atoms with Gasteiger partial charge in [0.2, 0.25) is 0 Å². The number of carbonyl (C=O) groups is 1.